The number of β-lactam (4-membered cyclic amide) rings is 1. The van der Waals surface area contributed by atoms with Gasteiger partial charge in [-0.1, -0.05) is 16.9 Å². The predicted octanol–water partition coefficient (Wildman–Crippen LogP) is -1.08. The van der Waals surface area contributed by atoms with E-state index >= 15 is 0 Å². The Kier molecular flexibility index (Phi) is 7.18. The van der Waals surface area contributed by atoms with Crippen molar-refractivity contribution in [3.05, 3.63) is 28.4 Å². The van der Waals surface area contributed by atoms with Crippen molar-refractivity contribution in [2.75, 3.05) is 29.6 Å². The molecule has 20 heteroatoms. The Morgan fingerprint density at radius 1 is 1.41 bits per heavy atom. The van der Waals surface area contributed by atoms with E-state index in [1.165, 1.54) is 33.5 Å². The van der Waals surface area contributed by atoms with Gasteiger partial charge in [-0.3, -0.25) is 14.5 Å². The number of oxime groups is 1. The highest BCUT2D eigenvalue weighted by atomic mass is 32.2. The number of thioether (sulfide) groups is 2. The molecule has 2 atom stereocenters. The maximum Gasteiger partial charge on any atom is 0.352 e. The summed E-state index contributed by atoms with van der Waals surface area (Å²) in [6, 6.07) is 2.28. The van der Waals surface area contributed by atoms with Crippen LogP contribution in [0.15, 0.2) is 32.9 Å². The Balaban J connectivity index is 1.31. The van der Waals surface area contributed by atoms with Gasteiger partial charge < -0.3 is 26.7 Å². The number of anilines is 2. The number of nitriles is 1. The van der Waals surface area contributed by atoms with E-state index in [9.17, 15) is 19.5 Å². The predicted molar refractivity (Wildman–Crippen MR) is 138 cm³/mol. The van der Waals surface area contributed by atoms with Gasteiger partial charge in [0.15, 0.2) is 10.8 Å². The molecule has 1 saturated heterocycles. The minimum Gasteiger partial charge on any atom is -0.477 e. The number of tetrazole rings is 1. The van der Waals surface area contributed by atoms with Crippen molar-refractivity contribution >= 4 is 74.8 Å². The average molecular weight is 589 g/mol. The van der Waals surface area contributed by atoms with Gasteiger partial charge in [-0.25, -0.2) is 9.78 Å². The highest BCUT2D eigenvalue weighted by Crippen LogP contribution is 2.41. The Labute approximate surface area is 230 Å². The molecule has 1 fully saturated rings. The Morgan fingerprint density at radius 2 is 2.23 bits per heavy atom. The molecule has 6 N–H and O–H groups in total. The zero-order valence-electron chi connectivity index (χ0n) is 19.4. The quantitative estimate of drug-likeness (QED) is 0.0762. The number of hydrogen-bond donors (Lipinski definition) is 4. The van der Waals surface area contributed by atoms with Gasteiger partial charge in [0.1, 0.15) is 33.9 Å². The summed E-state index contributed by atoms with van der Waals surface area (Å²) in [6.45, 7) is -0.412. The summed E-state index contributed by atoms with van der Waals surface area (Å²) >= 11 is 3.58. The lowest BCUT2D eigenvalue weighted by Gasteiger charge is -2.49. The molecule has 0 saturated carbocycles. The van der Waals surface area contributed by atoms with Gasteiger partial charge in [-0.2, -0.15) is 5.26 Å². The second kappa shape index (κ2) is 10.7. The smallest absolute Gasteiger partial charge is 0.352 e. The van der Waals surface area contributed by atoms with Crippen LogP contribution in [0.5, 0.6) is 0 Å². The first-order chi connectivity index (χ1) is 18.8. The van der Waals surface area contributed by atoms with Crippen LogP contribution in [0.3, 0.4) is 0 Å². The number of nitrogens with two attached hydrogens (primary N) is 2. The van der Waals surface area contributed by atoms with Crippen molar-refractivity contribution in [1.29, 1.82) is 5.26 Å². The SMILES string of the molecule is N#CCON=C(C(=O)NC1C(=O)N2C(C(=O)O)=C(CSc3cc(N)c4nnnn4n3)CS[C@H]12)c1csc(N)n1. The lowest BCUT2D eigenvalue weighted by atomic mass is 10.0. The Morgan fingerprint density at radius 3 is 2.95 bits per heavy atom. The van der Waals surface area contributed by atoms with Gasteiger partial charge in [0.25, 0.3) is 11.8 Å². The third kappa shape index (κ3) is 5.01. The molecule has 3 aromatic rings. The van der Waals surface area contributed by atoms with Crippen LogP contribution in [0.1, 0.15) is 5.69 Å². The van der Waals surface area contributed by atoms with Crippen molar-refractivity contribution in [3.63, 3.8) is 0 Å². The number of carboxylic acid groups (broad SMARTS) is 1. The summed E-state index contributed by atoms with van der Waals surface area (Å²) in [5.74, 6) is -2.18. The summed E-state index contributed by atoms with van der Waals surface area (Å²) in [4.78, 5) is 48.2. The molecule has 5 rings (SSSR count). The molecule has 0 aromatic carbocycles. The summed E-state index contributed by atoms with van der Waals surface area (Å²) in [5, 5.41) is 41.5. The van der Waals surface area contributed by atoms with Crippen LogP contribution in [-0.2, 0) is 19.2 Å². The molecule has 5 heterocycles. The van der Waals surface area contributed by atoms with Crippen molar-refractivity contribution in [3.8, 4) is 6.07 Å². The van der Waals surface area contributed by atoms with Crippen LogP contribution < -0.4 is 16.8 Å². The number of hydrogen-bond acceptors (Lipinski definition) is 16. The van der Waals surface area contributed by atoms with Crippen molar-refractivity contribution in [2.24, 2.45) is 5.16 Å². The Bertz CT molecular complexity index is 1590. The van der Waals surface area contributed by atoms with Gasteiger partial charge >= 0.3 is 5.97 Å². The van der Waals surface area contributed by atoms with Crippen LogP contribution in [-0.4, -0.2) is 93.3 Å². The van der Waals surface area contributed by atoms with Crippen molar-refractivity contribution < 1.29 is 24.3 Å². The molecule has 2 aliphatic rings. The number of rotatable bonds is 9. The van der Waals surface area contributed by atoms with Gasteiger partial charge in [0, 0.05) is 16.9 Å². The van der Waals surface area contributed by atoms with E-state index in [2.05, 4.69) is 36.1 Å². The third-order valence-corrected chi connectivity index (χ3v) is 8.38. The summed E-state index contributed by atoms with van der Waals surface area (Å²) in [5.41, 5.74) is 12.4. The molecule has 0 bridgehead atoms. The number of amides is 2. The molecular formula is C19H16N12O5S3. The lowest BCUT2D eigenvalue weighted by molar-refractivity contribution is -0.150. The van der Waals surface area contributed by atoms with Crippen LogP contribution in [0.25, 0.3) is 5.65 Å². The summed E-state index contributed by atoms with van der Waals surface area (Å²) in [6.07, 6.45) is 0. The molecule has 0 radical (unpaired) electrons. The molecule has 0 spiro atoms. The van der Waals surface area contributed by atoms with E-state index in [-0.39, 0.29) is 33.7 Å². The second-order valence-electron chi connectivity index (χ2n) is 7.78. The number of thiazole rings is 1. The topological polar surface area (TPSA) is 253 Å². The van der Waals surface area contributed by atoms with E-state index in [1.54, 1.807) is 12.1 Å². The van der Waals surface area contributed by atoms with Crippen LogP contribution in [0, 0.1) is 11.3 Å². The fraction of sp³-hybridized carbons (Fsp3) is 0.263. The molecule has 3 aromatic heterocycles. The fourth-order valence-electron chi connectivity index (χ4n) is 3.71. The fourth-order valence-corrected chi connectivity index (χ4v) is 6.63. The second-order valence-corrected chi connectivity index (χ2v) is 10.8. The van der Waals surface area contributed by atoms with Gasteiger partial charge in [0.05, 0.1) is 5.69 Å². The van der Waals surface area contributed by atoms with Crippen molar-refractivity contribution in [2.45, 2.75) is 16.4 Å². The number of carboxylic acids is 1. The van der Waals surface area contributed by atoms with E-state index in [1.807, 2.05) is 0 Å². The lowest BCUT2D eigenvalue weighted by Crippen LogP contribution is -2.71. The van der Waals surface area contributed by atoms with E-state index < -0.39 is 35.8 Å². The normalized spacial score (nSPS) is 18.9. The van der Waals surface area contributed by atoms with Gasteiger partial charge in [-0.15, -0.1) is 37.9 Å². The van der Waals surface area contributed by atoms with Crippen LogP contribution >= 0.6 is 34.9 Å². The number of nitrogens with zero attached hydrogens (tertiary/aromatic N) is 9. The number of aromatic nitrogens is 6. The first-order valence-corrected chi connectivity index (χ1v) is 13.7. The highest BCUT2D eigenvalue weighted by molar-refractivity contribution is 8.01. The highest BCUT2D eigenvalue weighted by Gasteiger charge is 2.54. The monoisotopic (exact) mass is 588 g/mol. The van der Waals surface area contributed by atoms with Gasteiger partial charge in [-0.05, 0) is 22.1 Å². The number of aliphatic carboxylic acids is 1. The minimum absolute atomic E-state index is 0.104. The van der Waals surface area contributed by atoms with Gasteiger partial charge in [0.2, 0.25) is 12.3 Å². The number of nitrogen functional groups attached to an aromatic ring is 2. The third-order valence-electron chi connectivity index (χ3n) is 5.38. The molecule has 2 amide bonds. The maximum absolute atomic E-state index is 13.0. The number of nitrogens with one attached hydrogen (secondary N) is 1. The summed E-state index contributed by atoms with van der Waals surface area (Å²) < 4.78 is 1.17. The molecule has 1 unspecified atom stereocenters. The van der Waals surface area contributed by atoms with E-state index in [0.29, 0.717) is 21.9 Å². The van der Waals surface area contributed by atoms with Crippen LogP contribution in [0.4, 0.5) is 10.8 Å². The Hall–Kier alpha value is -4.48. The van der Waals surface area contributed by atoms with Crippen LogP contribution in [0.2, 0.25) is 0 Å². The first kappa shape index (κ1) is 26.1. The average Bonchev–Trinajstić information content (AvgIpc) is 3.57. The summed E-state index contributed by atoms with van der Waals surface area (Å²) in [7, 11) is 0. The zero-order chi connectivity index (χ0) is 27.7. The standard InChI is InChI=1S/C19H16N12O5S3/c20-1-2-36-27-11(9-6-39-19(22)23-9)15(32)24-12-16(33)30-13(18(34)35)7(5-38-17(12)30)4-37-10-3-8(21)14-25-28-29-31(14)26-10/h3,6,12,17H,2,4-5,21H2,(H2,22,23)(H,24,32)(H,34,35)/t12?,17-/m1/s1. The molecule has 0 aliphatic carbocycles. The van der Waals surface area contributed by atoms with E-state index in [0.717, 1.165) is 16.2 Å². The molecule has 39 heavy (non-hydrogen) atoms. The number of carbonyl (C=O) groups excluding carboxylic acids is 2. The maximum atomic E-state index is 13.0. The minimum atomic E-state index is -1.28. The number of carbonyl (C=O) groups is 3. The number of fused-ring (bicyclic) bond motifs is 2. The molecule has 2 aliphatic heterocycles. The van der Waals surface area contributed by atoms with Crippen molar-refractivity contribution in [1.82, 2.24) is 40.5 Å². The molecular weight excluding hydrogens is 572 g/mol. The zero-order valence-corrected chi connectivity index (χ0v) is 21.9. The van der Waals surface area contributed by atoms with E-state index in [4.69, 9.17) is 21.6 Å². The first-order valence-electron chi connectivity index (χ1n) is 10.7. The molecule has 17 nitrogen and oxygen atoms in total. The largest absolute Gasteiger partial charge is 0.477 e. The molecule has 200 valence electrons.